The molecular weight excluding hydrogens is 566 g/mol. The summed E-state index contributed by atoms with van der Waals surface area (Å²) in [6, 6.07) is 31.0. The van der Waals surface area contributed by atoms with Gasteiger partial charge in [-0.25, -0.2) is 0 Å². The van der Waals surface area contributed by atoms with Crippen LogP contribution in [0.4, 0.5) is 22.7 Å². The fourth-order valence-corrected chi connectivity index (χ4v) is 6.37. The molecule has 0 radical (unpaired) electrons. The van der Waals surface area contributed by atoms with E-state index in [1.54, 1.807) is 66.4 Å². The van der Waals surface area contributed by atoms with Crippen molar-refractivity contribution in [2.75, 3.05) is 16.4 Å². The van der Waals surface area contributed by atoms with Crippen LogP contribution in [0.3, 0.4) is 0 Å². The SMILES string of the molecule is C[C@@H](/C=C/CC(=O)N1Cc2ccccc2C[C@H]1CO)[C@]1(O)C(=O)N(c2ccccc2)c2ccc(N(C=O)c3ccccc3)cc21. The first kappa shape index (κ1) is 30.0. The Morgan fingerprint density at radius 1 is 0.956 bits per heavy atom. The number of anilines is 4. The fourth-order valence-electron chi connectivity index (χ4n) is 6.37. The molecule has 2 aliphatic heterocycles. The van der Waals surface area contributed by atoms with Crippen LogP contribution >= 0.6 is 0 Å². The van der Waals surface area contributed by atoms with E-state index >= 15 is 0 Å². The molecule has 0 fully saturated rings. The molecule has 4 aromatic carbocycles. The van der Waals surface area contributed by atoms with E-state index in [9.17, 15) is 24.6 Å². The molecule has 8 nitrogen and oxygen atoms in total. The Morgan fingerprint density at radius 3 is 2.31 bits per heavy atom. The van der Waals surface area contributed by atoms with Crippen molar-refractivity contribution in [2.24, 2.45) is 5.92 Å². The summed E-state index contributed by atoms with van der Waals surface area (Å²) in [6.07, 6.45) is 4.72. The molecule has 0 aromatic heterocycles. The van der Waals surface area contributed by atoms with Gasteiger partial charge in [0.2, 0.25) is 12.3 Å². The summed E-state index contributed by atoms with van der Waals surface area (Å²) in [5.41, 5.74) is 2.87. The third-order valence-electron chi connectivity index (χ3n) is 8.86. The highest BCUT2D eigenvalue weighted by Gasteiger charge is 2.53. The number of hydrogen-bond donors (Lipinski definition) is 2. The fraction of sp³-hybridized carbons (Fsp3) is 0.216. The molecular formula is C37H35N3O5. The van der Waals surface area contributed by atoms with Crippen molar-refractivity contribution in [1.82, 2.24) is 4.90 Å². The molecule has 6 rings (SSSR count). The minimum absolute atomic E-state index is 0.0511. The molecule has 45 heavy (non-hydrogen) atoms. The molecule has 0 unspecified atom stereocenters. The van der Waals surface area contributed by atoms with Gasteiger partial charge in [0.1, 0.15) is 0 Å². The zero-order valence-corrected chi connectivity index (χ0v) is 25.0. The van der Waals surface area contributed by atoms with Gasteiger partial charge in [-0.1, -0.05) is 79.7 Å². The van der Waals surface area contributed by atoms with Crippen LogP contribution in [0, 0.1) is 5.92 Å². The number of para-hydroxylation sites is 2. The molecule has 3 atom stereocenters. The largest absolute Gasteiger partial charge is 0.394 e. The summed E-state index contributed by atoms with van der Waals surface area (Å²) in [5.74, 6) is -1.39. The smallest absolute Gasteiger partial charge is 0.268 e. The molecule has 3 amide bonds. The highest BCUT2D eigenvalue weighted by molar-refractivity contribution is 6.12. The Balaban J connectivity index is 1.30. The second-order valence-corrected chi connectivity index (χ2v) is 11.5. The molecule has 0 bridgehead atoms. The summed E-state index contributed by atoms with van der Waals surface area (Å²) in [7, 11) is 0. The van der Waals surface area contributed by atoms with E-state index < -0.39 is 17.4 Å². The summed E-state index contributed by atoms with van der Waals surface area (Å²) < 4.78 is 0. The highest BCUT2D eigenvalue weighted by Crippen LogP contribution is 2.49. The summed E-state index contributed by atoms with van der Waals surface area (Å²) in [6.45, 7) is 2.03. The predicted octanol–water partition coefficient (Wildman–Crippen LogP) is 5.38. The maximum atomic E-state index is 14.1. The standard InChI is InChI=1S/C37H35N3O5/c1-26(11-10-18-35(43)38-23-28-13-9-8-12-27(28)21-32(38)24-41)37(45)33-22-31(39(25-42)29-14-4-2-5-15-29)19-20-34(33)40(36(37)44)30-16-6-3-7-17-30/h2-17,19-20,22,25-26,32,41,45H,18,21,23-24H2,1H3/b11-10+/t26-,32-,37+/m0/s1. The Morgan fingerprint density at radius 2 is 1.62 bits per heavy atom. The first-order chi connectivity index (χ1) is 21.9. The number of rotatable bonds is 9. The van der Waals surface area contributed by atoms with E-state index in [1.807, 2.05) is 60.7 Å². The third kappa shape index (κ3) is 5.43. The van der Waals surface area contributed by atoms with Crippen molar-refractivity contribution in [3.63, 3.8) is 0 Å². The molecule has 0 saturated heterocycles. The van der Waals surface area contributed by atoms with E-state index in [0.29, 0.717) is 47.7 Å². The maximum absolute atomic E-state index is 14.1. The van der Waals surface area contributed by atoms with Crippen LogP contribution in [-0.4, -0.2) is 46.0 Å². The number of carbonyl (C=O) groups excluding carboxylic acids is 3. The molecule has 0 aliphatic carbocycles. The zero-order chi connectivity index (χ0) is 31.6. The lowest BCUT2D eigenvalue weighted by molar-refractivity contribution is -0.138. The minimum atomic E-state index is -1.97. The number of amides is 3. The van der Waals surface area contributed by atoms with Crippen molar-refractivity contribution < 1.29 is 24.6 Å². The van der Waals surface area contributed by atoms with Crippen molar-refractivity contribution >= 4 is 41.0 Å². The molecule has 2 aliphatic rings. The van der Waals surface area contributed by atoms with Gasteiger partial charge in [-0.05, 0) is 60.0 Å². The van der Waals surface area contributed by atoms with Crippen molar-refractivity contribution in [3.8, 4) is 0 Å². The highest BCUT2D eigenvalue weighted by atomic mass is 16.3. The van der Waals surface area contributed by atoms with Gasteiger partial charge in [0.05, 0.1) is 18.3 Å². The van der Waals surface area contributed by atoms with Gasteiger partial charge in [-0.15, -0.1) is 0 Å². The quantitative estimate of drug-likeness (QED) is 0.198. The van der Waals surface area contributed by atoms with Gasteiger partial charge in [-0.2, -0.15) is 0 Å². The number of carbonyl (C=O) groups is 3. The lowest BCUT2D eigenvalue weighted by atomic mass is 9.82. The van der Waals surface area contributed by atoms with Crippen LogP contribution in [0.25, 0.3) is 0 Å². The number of hydrogen-bond acceptors (Lipinski definition) is 5. The number of nitrogens with zero attached hydrogens (tertiary/aromatic N) is 3. The van der Waals surface area contributed by atoms with Gasteiger partial charge < -0.3 is 15.1 Å². The van der Waals surface area contributed by atoms with Gasteiger partial charge in [0.15, 0.2) is 5.60 Å². The van der Waals surface area contributed by atoms with E-state index in [-0.39, 0.29) is 25.0 Å². The van der Waals surface area contributed by atoms with Crippen molar-refractivity contribution in [1.29, 1.82) is 0 Å². The lowest BCUT2D eigenvalue weighted by Gasteiger charge is -2.36. The van der Waals surface area contributed by atoms with Gasteiger partial charge in [0.25, 0.3) is 5.91 Å². The summed E-state index contributed by atoms with van der Waals surface area (Å²) >= 11 is 0. The van der Waals surface area contributed by atoms with Crippen molar-refractivity contribution in [2.45, 2.75) is 38.0 Å². The van der Waals surface area contributed by atoms with E-state index in [1.165, 1.54) is 9.80 Å². The van der Waals surface area contributed by atoms with Crippen LogP contribution < -0.4 is 9.80 Å². The van der Waals surface area contributed by atoms with Gasteiger partial charge in [-0.3, -0.25) is 24.2 Å². The minimum Gasteiger partial charge on any atom is -0.394 e. The lowest BCUT2D eigenvalue weighted by Crippen LogP contribution is -2.46. The Hall–Kier alpha value is -5.05. The zero-order valence-electron chi connectivity index (χ0n) is 25.0. The van der Waals surface area contributed by atoms with Crippen LogP contribution in [0.15, 0.2) is 115 Å². The van der Waals surface area contributed by atoms with Crippen LogP contribution in [0.5, 0.6) is 0 Å². The van der Waals surface area contributed by atoms with E-state index in [2.05, 4.69) is 0 Å². The molecule has 2 heterocycles. The summed E-state index contributed by atoms with van der Waals surface area (Å²) in [5, 5.41) is 22.3. The van der Waals surface area contributed by atoms with Crippen LogP contribution in [0.2, 0.25) is 0 Å². The molecule has 8 heteroatoms. The van der Waals surface area contributed by atoms with Gasteiger partial charge in [0, 0.05) is 41.5 Å². The number of aliphatic hydroxyl groups excluding tert-OH is 1. The first-order valence-electron chi connectivity index (χ1n) is 15.1. The topological polar surface area (TPSA) is 101 Å². The number of aliphatic hydroxyl groups is 2. The third-order valence-corrected chi connectivity index (χ3v) is 8.86. The average Bonchev–Trinajstić information content (AvgIpc) is 3.31. The Bertz CT molecular complexity index is 1740. The molecule has 228 valence electrons. The number of benzene rings is 4. The number of fused-ring (bicyclic) bond motifs is 2. The molecule has 4 aromatic rings. The van der Waals surface area contributed by atoms with Crippen LogP contribution in [0.1, 0.15) is 30.0 Å². The van der Waals surface area contributed by atoms with E-state index in [0.717, 1.165) is 11.1 Å². The maximum Gasteiger partial charge on any atom is 0.268 e. The van der Waals surface area contributed by atoms with Crippen LogP contribution in [-0.2, 0) is 33.0 Å². The summed E-state index contributed by atoms with van der Waals surface area (Å²) in [4.78, 5) is 44.4. The second-order valence-electron chi connectivity index (χ2n) is 11.5. The monoisotopic (exact) mass is 601 g/mol. The first-order valence-corrected chi connectivity index (χ1v) is 15.1. The average molecular weight is 602 g/mol. The van der Waals surface area contributed by atoms with Gasteiger partial charge >= 0.3 is 0 Å². The normalized spacial score (nSPS) is 19.7. The second kappa shape index (κ2) is 12.5. The molecule has 2 N–H and O–H groups in total. The van der Waals surface area contributed by atoms with E-state index in [4.69, 9.17) is 0 Å². The Labute approximate surface area is 262 Å². The van der Waals surface area contributed by atoms with Crippen molar-refractivity contribution in [3.05, 3.63) is 132 Å². The Kier molecular flexibility index (Phi) is 8.34. The predicted molar refractivity (Wildman–Crippen MR) is 173 cm³/mol. The molecule has 0 saturated carbocycles. The molecule has 0 spiro atoms.